The van der Waals surface area contributed by atoms with Gasteiger partial charge >= 0.3 is 0 Å². The van der Waals surface area contributed by atoms with Gasteiger partial charge in [0.05, 0.1) is 6.54 Å². The van der Waals surface area contributed by atoms with Crippen molar-refractivity contribution in [3.8, 4) is 0 Å². The topological polar surface area (TPSA) is 29.4 Å². The molecule has 0 atom stereocenters. The number of nitroso groups, excluding NO2 is 1. The summed E-state index contributed by atoms with van der Waals surface area (Å²) in [6.45, 7) is 7.10. The molecule has 0 heterocycles. The average Bonchev–Trinajstić information content (AvgIpc) is 2.33. The zero-order valence-electron chi connectivity index (χ0n) is 11.6. The Labute approximate surface area is 102 Å². The molecule has 0 aromatic heterocycles. The molecule has 0 unspecified atom stereocenters. The summed E-state index contributed by atoms with van der Waals surface area (Å²) in [5, 5.41) is 2.83. The predicted octanol–water partition coefficient (Wildman–Crippen LogP) is 5.70. The van der Waals surface area contributed by atoms with Crippen LogP contribution in [-0.4, -0.2) is 6.54 Å². The maximum absolute atomic E-state index is 9.73. The highest BCUT2D eigenvalue weighted by molar-refractivity contribution is 4.47. The molecule has 0 saturated carbocycles. The van der Waals surface area contributed by atoms with Crippen LogP contribution in [0.4, 0.5) is 0 Å². The van der Waals surface area contributed by atoms with Crippen molar-refractivity contribution in [2.24, 2.45) is 5.18 Å². The number of hydrogen-bond donors (Lipinski definition) is 0. The summed E-state index contributed by atoms with van der Waals surface area (Å²) in [6.07, 6.45) is 12.8. The number of unbranched alkanes of at least 4 members (excludes halogenated alkanes) is 8. The molecule has 2 nitrogen and oxygen atoms in total. The summed E-state index contributed by atoms with van der Waals surface area (Å²) in [4.78, 5) is 9.73. The van der Waals surface area contributed by atoms with Crippen molar-refractivity contribution in [3.05, 3.63) is 4.91 Å². The van der Waals surface area contributed by atoms with E-state index in [-0.39, 0.29) is 0 Å². The van der Waals surface area contributed by atoms with Crippen molar-refractivity contribution < 1.29 is 0 Å². The molecule has 0 aliphatic heterocycles. The molecular weight excluding hydrogens is 198 g/mol. The first kappa shape index (κ1) is 18.0. The van der Waals surface area contributed by atoms with Gasteiger partial charge in [0, 0.05) is 0 Å². The smallest absolute Gasteiger partial charge is 0.0811 e. The second kappa shape index (κ2) is 20.1. The van der Waals surface area contributed by atoms with E-state index in [9.17, 15) is 4.91 Å². The summed E-state index contributed by atoms with van der Waals surface area (Å²) in [5.41, 5.74) is 0. The Kier molecular flexibility index (Phi) is 22.6. The van der Waals surface area contributed by atoms with Gasteiger partial charge in [-0.25, -0.2) is 0 Å². The molecule has 0 bridgehead atoms. The molecule has 0 aliphatic rings. The van der Waals surface area contributed by atoms with Gasteiger partial charge < -0.3 is 0 Å². The molecular formula is C14H31NO. The van der Waals surface area contributed by atoms with Crippen molar-refractivity contribution in [1.82, 2.24) is 0 Å². The molecule has 0 radical (unpaired) electrons. The second-order valence-corrected chi connectivity index (χ2v) is 4.33. The molecule has 16 heavy (non-hydrogen) atoms. The molecule has 0 aliphatic carbocycles. The van der Waals surface area contributed by atoms with Crippen LogP contribution in [0.2, 0.25) is 0 Å². The third-order valence-electron chi connectivity index (χ3n) is 2.60. The van der Waals surface area contributed by atoms with Gasteiger partial charge in [-0.2, -0.15) is 4.91 Å². The largest absolute Gasteiger partial charge is 0.151 e. The lowest BCUT2D eigenvalue weighted by Crippen LogP contribution is -1.82. The maximum Gasteiger partial charge on any atom is 0.0811 e. The van der Waals surface area contributed by atoms with Gasteiger partial charge in [0.1, 0.15) is 0 Å². The Bertz CT molecular complexity index is 113. The zero-order chi connectivity index (χ0) is 12.5. The van der Waals surface area contributed by atoms with Gasteiger partial charge in [0.2, 0.25) is 0 Å². The normalized spacial score (nSPS) is 9.44. The Hall–Kier alpha value is -0.400. The quantitative estimate of drug-likeness (QED) is 0.349. The van der Waals surface area contributed by atoms with E-state index in [1.165, 1.54) is 57.8 Å². The molecule has 0 saturated heterocycles. The SMILES string of the molecule is CCCC.CCCCCCCCCCN=O. The monoisotopic (exact) mass is 229 g/mol. The molecule has 0 aromatic rings. The fourth-order valence-electron chi connectivity index (χ4n) is 1.31. The Morgan fingerprint density at radius 1 is 0.625 bits per heavy atom. The van der Waals surface area contributed by atoms with Crippen LogP contribution in [-0.2, 0) is 0 Å². The third kappa shape index (κ3) is 23.4. The van der Waals surface area contributed by atoms with Crippen molar-refractivity contribution >= 4 is 0 Å². The van der Waals surface area contributed by atoms with Crippen molar-refractivity contribution in [1.29, 1.82) is 0 Å². The summed E-state index contributed by atoms with van der Waals surface area (Å²) in [5.74, 6) is 0. The fraction of sp³-hybridized carbons (Fsp3) is 1.00. The maximum atomic E-state index is 9.73. The molecule has 0 rings (SSSR count). The highest BCUT2D eigenvalue weighted by Gasteiger charge is 1.90. The van der Waals surface area contributed by atoms with E-state index in [1.54, 1.807) is 0 Å². The summed E-state index contributed by atoms with van der Waals surface area (Å²) in [7, 11) is 0. The van der Waals surface area contributed by atoms with E-state index in [0.717, 1.165) is 6.42 Å². The fourth-order valence-corrected chi connectivity index (χ4v) is 1.31. The average molecular weight is 229 g/mol. The van der Waals surface area contributed by atoms with Crippen LogP contribution < -0.4 is 0 Å². The third-order valence-corrected chi connectivity index (χ3v) is 2.60. The van der Waals surface area contributed by atoms with Gasteiger partial charge in [-0.05, 0) is 6.42 Å². The van der Waals surface area contributed by atoms with E-state index < -0.39 is 0 Å². The number of nitrogens with zero attached hydrogens (tertiary/aromatic N) is 1. The van der Waals surface area contributed by atoms with E-state index in [1.807, 2.05) is 0 Å². The lowest BCUT2D eigenvalue weighted by Gasteiger charge is -1.98. The van der Waals surface area contributed by atoms with E-state index in [2.05, 4.69) is 25.9 Å². The van der Waals surface area contributed by atoms with Crippen LogP contribution >= 0.6 is 0 Å². The molecule has 0 spiro atoms. The first-order chi connectivity index (χ1) is 7.83. The minimum Gasteiger partial charge on any atom is -0.151 e. The number of rotatable bonds is 10. The van der Waals surface area contributed by atoms with Gasteiger partial charge in [-0.3, -0.25) is 0 Å². The van der Waals surface area contributed by atoms with Crippen LogP contribution in [0, 0.1) is 4.91 Å². The lowest BCUT2D eigenvalue weighted by atomic mass is 10.1. The molecule has 2 heteroatoms. The van der Waals surface area contributed by atoms with E-state index in [0.29, 0.717) is 6.54 Å². The minimum atomic E-state index is 0.509. The highest BCUT2D eigenvalue weighted by Crippen LogP contribution is 2.07. The minimum absolute atomic E-state index is 0.509. The van der Waals surface area contributed by atoms with Crippen LogP contribution in [0.3, 0.4) is 0 Å². The van der Waals surface area contributed by atoms with Crippen molar-refractivity contribution in [3.63, 3.8) is 0 Å². The van der Waals surface area contributed by atoms with Crippen LogP contribution in [0.5, 0.6) is 0 Å². The zero-order valence-corrected chi connectivity index (χ0v) is 11.6. The summed E-state index contributed by atoms with van der Waals surface area (Å²) < 4.78 is 0. The molecule has 0 fully saturated rings. The van der Waals surface area contributed by atoms with Gasteiger partial charge in [0.15, 0.2) is 0 Å². The second-order valence-electron chi connectivity index (χ2n) is 4.33. The molecule has 98 valence electrons. The Morgan fingerprint density at radius 2 is 1.06 bits per heavy atom. The van der Waals surface area contributed by atoms with E-state index in [4.69, 9.17) is 0 Å². The van der Waals surface area contributed by atoms with Crippen molar-refractivity contribution in [2.45, 2.75) is 85.0 Å². The standard InChI is InChI=1S/C10H21NO.C4H10/c1-2-3-4-5-6-7-8-9-10-11-12;1-3-4-2/h2-10H2,1H3;3-4H2,1-2H3. The molecule has 0 amide bonds. The Morgan fingerprint density at radius 3 is 1.44 bits per heavy atom. The first-order valence-electron chi connectivity index (χ1n) is 7.12. The molecule has 0 N–H and O–H groups in total. The van der Waals surface area contributed by atoms with Crippen LogP contribution in [0.15, 0.2) is 5.18 Å². The van der Waals surface area contributed by atoms with Crippen LogP contribution in [0.1, 0.15) is 85.0 Å². The van der Waals surface area contributed by atoms with Gasteiger partial charge in [-0.15, -0.1) is 0 Å². The molecule has 0 aromatic carbocycles. The van der Waals surface area contributed by atoms with Crippen LogP contribution in [0.25, 0.3) is 0 Å². The predicted molar refractivity (Wildman–Crippen MR) is 73.9 cm³/mol. The highest BCUT2D eigenvalue weighted by atomic mass is 16.3. The van der Waals surface area contributed by atoms with E-state index >= 15 is 0 Å². The Balaban J connectivity index is 0. The van der Waals surface area contributed by atoms with Gasteiger partial charge in [0.25, 0.3) is 0 Å². The first-order valence-corrected chi connectivity index (χ1v) is 7.12. The summed E-state index contributed by atoms with van der Waals surface area (Å²) >= 11 is 0. The van der Waals surface area contributed by atoms with Gasteiger partial charge in [-0.1, -0.05) is 83.7 Å². The lowest BCUT2D eigenvalue weighted by molar-refractivity contribution is 0.578. The van der Waals surface area contributed by atoms with Crippen molar-refractivity contribution in [2.75, 3.05) is 6.54 Å². The summed E-state index contributed by atoms with van der Waals surface area (Å²) in [6, 6.07) is 0. The number of hydrogen-bond acceptors (Lipinski definition) is 2.